The topological polar surface area (TPSA) is 38.0 Å². The van der Waals surface area contributed by atoms with Crippen LogP contribution in [0.2, 0.25) is 0 Å². The number of allylic oxidation sites excluding steroid dienone is 3. The summed E-state index contributed by atoms with van der Waals surface area (Å²) < 4.78 is 0. The van der Waals surface area contributed by atoms with Crippen molar-refractivity contribution in [2.45, 2.75) is 11.8 Å². The average molecular weight is 214 g/mol. The highest BCUT2D eigenvalue weighted by molar-refractivity contribution is 5.57. The van der Waals surface area contributed by atoms with Crippen molar-refractivity contribution >= 4 is 5.69 Å². The zero-order valence-corrected chi connectivity index (χ0v) is 9.61. The molecule has 1 atom stereocenters. The Hall–Kier alpha value is -1.54. The number of nitrogens with two attached hydrogens (primary N) is 1. The Morgan fingerprint density at radius 2 is 2.12 bits per heavy atom. The molecule has 0 aliphatic heterocycles. The van der Waals surface area contributed by atoms with E-state index in [0.29, 0.717) is 6.54 Å². The molecule has 3 N–H and O–H groups in total. The number of nitrogens with one attached hydrogen (secondary N) is 1. The largest absolute Gasteiger partial charge is 0.388 e. The zero-order chi connectivity index (χ0) is 11.4. The molecule has 1 aliphatic rings. The number of benzene rings is 1. The van der Waals surface area contributed by atoms with E-state index in [9.17, 15) is 0 Å². The van der Waals surface area contributed by atoms with Gasteiger partial charge in [0, 0.05) is 24.7 Å². The first kappa shape index (κ1) is 11.0. The molecule has 0 bridgehead atoms. The maximum atomic E-state index is 5.98. The van der Waals surface area contributed by atoms with Crippen LogP contribution in [0.15, 0.2) is 48.6 Å². The van der Waals surface area contributed by atoms with Crippen molar-refractivity contribution in [2.24, 2.45) is 5.73 Å². The highest BCUT2D eigenvalue weighted by atomic mass is 14.8. The highest BCUT2D eigenvalue weighted by Crippen LogP contribution is 2.35. The van der Waals surface area contributed by atoms with Crippen molar-refractivity contribution in [3.05, 3.63) is 54.1 Å². The van der Waals surface area contributed by atoms with Gasteiger partial charge in [-0.15, -0.1) is 0 Å². The van der Waals surface area contributed by atoms with Crippen LogP contribution in [0.5, 0.6) is 0 Å². The molecule has 0 radical (unpaired) electrons. The highest BCUT2D eigenvalue weighted by Gasteiger charge is 2.29. The Kier molecular flexibility index (Phi) is 3.11. The molecular weight excluding hydrogens is 196 g/mol. The predicted octanol–water partition coefficient (Wildman–Crippen LogP) is 2.44. The molecule has 84 valence electrons. The third-order valence-electron chi connectivity index (χ3n) is 3.24. The van der Waals surface area contributed by atoms with E-state index in [4.69, 9.17) is 5.73 Å². The third-order valence-corrected chi connectivity index (χ3v) is 3.24. The van der Waals surface area contributed by atoms with Gasteiger partial charge >= 0.3 is 0 Å². The van der Waals surface area contributed by atoms with E-state index < -0.39 is 0 Å². The summed E-state index contributed by atoms with van der Waals surface area (Å²) in [5.74, 6) is 0. The fourth-order valence-electron chi connectivity index (χ4n) is 2.26. The number of para-hydroxylation sites is 1. The molecule has 2 nitrogen and oxygen atoms in total. The van der Waals surface area contributed by atoms with Gasteiger partial charge in [-0.05, 0) is 18.1 Å². The first-order chi connectivity index (χ1) is 7.82. The minimum absolute atomic E-state index is 0.0473. The number of hydrogen-bond donors (Lipinski definition) is 2. The minimum atomic E-state index is -0.0473. The van der Waals surface area contributed by atoms with E-state index >= 15 is 0 Å². The van der Waals surface area contributed by atoms with Crippen LogP contribution < -0.4 is 11.1 Å². The van der Waals surface area contributed by atoms with E-state index in [1.54, 1.807) is 0 Å². The van der Waals surface area contributed by atoms with Gasteiger partial charge in [-0.3, -0.25) is 0 Å². The molecule has 2 rings (SSSR count). The lowest BCUT2D eigenvalue weighted by Gasteiger charge is -2.32. The SMILES string of the molecule is CNc1ccccc1C1(CN)C=CC=CC1. The third kappa shape index (κ3) is 1.76. The smallest absolute Gasteiger partial charge is 0.0379 e. The number of rotatable bonds is 3. The van der Waals surface area contributed by atoms with Gasteiger partial charge in [-0.25, -0.2) is 0 Å². The molecule has 0 spiro atoms. The van der Waals surface area contributed by atoms with Crippen LogP contribution in [0, 0.1) is 0 Å². The average Bonchev–Trinajstić information content (AvgIpc) is 2.39. The summed E-state index contributed by atoms with van der Waals surface area (Å²) in [6, 6.07) is 8.36. The van der Waals surface area contributed by atoms with Gasteiger partial charge in [-0.1, -0.05) is 42.5 Å². The molecule has 1 unspecified atom stereocenters. The van der Waals surface area contributed by atoms with Gasteiger partial charge in [0.25, 0.3) is 0 Å². The van der Waals surface area contributed by atoms with E-state index in [1.807, 2.05) is 13.1 Å². The molecule has 0 amide bonds. The summed E-state index contributed by atoms with van der Waals surface area (Å²) in [5, 5.41) is 3.24. The maximum absolute atomic E-state index is 5.98. The van der Waals surface area contributed by atoms with Crippen LogP contribution in [0.1, 0.15) is 12.0 Å². The van der Waals surface area contributed by atoms with E-state index in [2.05, 4.69) is 47.8 Å². The van der Waals surface area contributed by atoms with E-state index in [0.717, 1.165) is 12.1 Å². The van der Waals surface area contributed by atoms with E-state index in [1.165, 1.54) is 5.56 Å². The van der Waals surface area contributed by atoms with Crippen molar-refractivity contribution in [3.63, 3.8) is 0 Å². The summed E-state index contributed by atoms with van der Waals surface area (Å²) >= 11 is 0. The zero-order valence-electron chi connectivity index (χ0n) is 9.61. The molecule has 0 heterocycles. The summed E-state index contributed by atoms with van der Waals surface area (Å²) in [6.45, 7) is 0.631. The predicted molar refractivity (Wildman–Crippen MR) is 69.6 cm³/mol. The van der Waals surface area contributed by atoms with Crippen LogP contribution in [0.25, 0.3) is 0 Å². The lowest BCUT2D eigenvalue weighted by atomic mass is 9.75. The maximum Gasteiger partial charge on any atom is 0.0379 e. The second-order valence-electron chi connectivity index (χ2n) is 4.15. The Labute approximate surface area is 96.9 Å². The number of anilines is 1. The van der Waals surface area contributed by atoms with Gasteiger partial charge in [0.1, 0.15) is 0 Å². The van der Waals surface area contributed by atoms with Gasteiger partial charge in [0.05, 0.1) is 0 Å². The molecule has 0 saturated carbocycles. The van der Waals surface area contributed by atoms with Crippen LogP contribution in [0.3, 0.4) is 0 Å². The first-order valence-electron chi connectivity index (χ1n) is 5.64. The van der Waals surface area contributed by atoms with Crippen LogP contribution in [-0.4, -0.2) is 13.6 Å². The number of hydrogen-bond acceptors (Lipinski definition) is 2. The Bertz CT molecular complexity index is 420. The van der Waals surface area contributed by atoms with Crippen molar-refractivity contribution in [2.75, 3.05) is 18.9 Å². The summed E-state index contributed by atoms with van der Waals surface area (Å²) in [6.07, 6.45) is 9.53. The fraction of sp³-hybridized carbons (Fsp3) is 0.286. The molecule has 1 aromatic carbocycles. The fourth-order valence-corrected chi connectivity index (χ4v) is 2.26. The van der Waals surface area contributed by atoms with Crippen LogP contribution >= 0.6 is 0 Å². The van der Waals surface area contributed by atoms with Crippen LogP contribution in [0.4, 0.5) is 5.69 Å². The van der Waals surface area contributed by atoms with Crippen molar-refractivity contribution < 1.29 is 0 Å². The summed E-state index contributed by atoms with van der Waals surface area (Å²) in [4.78, 5) is 0. The molecule has 1 aromatic rings. The first-order valence-corrected chi connectivity index (χ1v) is 5.64. The Morgan fingerprint density at radius 3 is 2.75 bits per heavy atom. The van der Waals surface area contributed by atoms with Gasteiger partial charge in [-0.2, -0.15) is 0 Å². The van der Waals surface area contributed by atoms with Gasteiger partial charge < -0.3 is 11.1 Å². The monoisotopic (exact) mass is 214 g/mol. The summed E-state index contributed by atoms with van der Waals surface area (Å²) in [5.41, 5.74) is 8.37. The molecule has 0 saturated heterocycles. The van der Waals surface area contributed by atoms with Crippen LogP contribution in [-0.2, 0) is 5.41 Å². The standard InChI is InChI=1S/C14H18N2/c1-16-13-8-4-3-7-12(13)14(11-15)9-5-2-6-10-14/h2-9,16H,10-11,15H2,1H3. The molecule has 16 heavy (non-hydrogen) atoms. The molecule has 2 heteroatoms. The second kappa shape index (κ2) is 4.54. The van der Waals surface area contributed by atoms with Crippen molar-refractivity contribution in [1.29, 1.82) is 0 Å². The van der Waals surface area contributed by atoms with E-state index in [-0.39, 0.29) is 5.41 Å². The molecule has 1 aliphatic carbocycles. The Balaban J connectivity index is 2.48. The lowest BCUT2D eigenvalue weighted by molar-refractivity contribution is 0.551. The molecule has 0 fully saturated rings. The normalized spacial score (nSPS) is 23.4. The second-order valence-corrected chi connectivity index (χ2v) is 4.15. The van der Waals surface area contributed by atoms with Crippen molar-refractivity contribution in [1.82, 2.24) is 0 Å². The quantitative estimate of drug-likeness (QED) is 0.811. The summed E-state index contributed by atoms with van der Waals surface area (Å²) in [7, 11) is 1.95. The van der Waals surface area contributed by atoms with Gasteiger partial charge in [0.15, 0.2) is 0 Å². The Morgan fingerprint density at radius 1 is 1.31 bits per heavy atom. The molecular formula is C14H18N2. The van der Waals surface area contributed by atoms with Crippen molar-refractivity contribution in [3.8, 4) is 0 Å². The van der Waals surface area contributed by atoms with Gasteiger partial charge in [0.2, 0.25) is 0 Å². The lowest BCUT2D eigenvalue weighted by Crippen LogP contribution is -2.34. The molecule has 0 aromatic heterocycles. The minimum Gasteiger partial charge on any atom is -0.388 e.